The van der Waals surface area contributed by atoms with Crippen LogP contribution in [0, 0.1) is 0 Å². The lowest BCUT2D eigenvalue weighted by Crippen LogP contribution is -2.44. The zero-order valence-corrected chi connectivity index (χ0v) is 10.2. The lowest BCUT2D eigenvalue weighted by atomic mass is 10.2. The second-order valence-corrected chi connectivity index (χ2v) is 3.88. The Hall–Kier alpha value is -1.95. The van der Waals surface area contributed by atoms with E-state index in [4.69, 9.17) is 10.8 Å². The summed E-state index contributed by atoms with van der Waals surface area (Å²) in [6, 6.07) is 4.42. The van der Waals surface area contributed by atoms with Gasteiger partial charge in [-0.15, -0.1) is 0 Å². The Balaban J connectivity index is 2.66. The SMILES string of the molecule is CCN(Cc1ccccn1)C(=O)C(N)CC(=O)O. The molecule has 6 heteroatoms. The first-order chi connectivity index (χ1) is 8.54. The molecular weight excluding hydrogens is 234 g/mol. The Labute approximate surface area is 105 Å². The molecule has 0 aromatic carbocycles. The van der Waals surface area contributed by atoms with Crippen LogP contribution < -0.4 is 5.73 Å². The van der Waals surface area contributed by atoms with Crippen LogP contribution in [-0.4, -0.2) is 39.5 Å². The number of carboxylic acid groups (broad SMARTS) is 1. The van der Waals surface area contributed by atoms with Crippen molar-refractivity contribution in [2.24, 2.45) is 5.73 Å². The van der Waals surface area contributed by atoms with Gasteiger partial charge in [-0.1, -0.05) is 6.07 Å². The fourth-order valence-electron chi connectivity index (χ4n) is 1.54. The molecule has 0 aliphatic carbocycles. The Kier molecular flexibility index (Phi) is 5.26. The van der Waals surface area contributed by atoms with Crippen LogP contribution in [0.15, 0.2) is 24.4 Å². The molecule has 0 aliphatic rings. The molecule has 0 spiro atoms. The number of likely N-dealkylation sites (N-methyl/N-ethyl adjacent to an activating group) is 1. The molecule has 0 aliphatic heterocycles. The normalized spacial score (nSPS) is 11.9. The molecule has 1 rings (SSSR count). The van der Waals surface area contributed by atoms with Crippen molar-refractivity contribution in [3.63, 3.8) is 0 Å². The van der Waals surface area contributed by atoms with Crippen molar-refractivity contribution in [2.45, 2.75) is 25.9 Å². The molecule has 18 heavy (non-hydrogen) atoms. The number of hydrogen-bond donors (Lipinski definition) is 2. The first kappa shape index (κ1) is 14.1. The van der Waals surface area contributed by atoms with E-state index in [9.17, 15) is 9.59 Å². The monoisotopic (exact) mass is 251 g/mol. The average molecular weight is 251 g/mol. The summed E-state index contributed by atoms with van der Waals surface area (Å²) in [5.41, 5.74) is 6.30. The number of pyridine rings is 1. The highest BCUT2D eigenvalue weighted by Crippen LogP contribution is 2.04. The van der Waals surface area contributed by atoms with Crippen molar-refractivity contribution in [2.75, 3.05) is 6.54 Å². The molecule has 3 N–H and O–H groups in total. The molecule has 0 bridgehead atoms. The molecule has 1 heterocycles. The van der Waals surface area contributed by atoms with E-state index in [1.807, 2.05) is 13.0 Å². The van der Waals surface area contributed by atoms with Crippen molar-refractivity contribution in [3.8, 4) is 0 Å². The maximum atomic E-state index is 11.9. The number of carbonyl (C=O) groups excluding carboxylic acids is 1. The van der Waals surface area contributed by atoms with Gasteiger partial charge in [0.25, 0.3) is 0 Å². The minimum atomic E-state index is -1.08. The van der Waals surface area contributed by atoms with Crippen molar-refractivity contribution >= 4 is 11.9 Å². The Morgan fingerprint density at radius 2 is 2.22 bits per heavy atom. The van der Waals surface area contributed by atoms with Gasteiger partial charge in [-0.05, 0) is 19.1 Å². The highest BCUT2D eigenvalue weighted by atomic mass is 16.4. The van der Waals surface area contributed by atoms with Gasteiger partial charge in [0.2, 0.25) is 5.91 Å². The lowest BCUT2D eigenvalue weighted by Gasteiger charge is -2.23. The number of aliphatic carboxylic acids is 1. The van der Waals surface area contributed by atoms with Crippen LogP contribution in [0.25, 0.3) is 0 Å². The molecule has 0 saturated carbocycles. The summed E-state index contributed by atoms with van der Waals surface area (Å²) >= 11 is 0. The van der Waals surface area contributed by atoms with Gasteiger partial charge in [-0.2, -0.15) is 0 Å². The van der Waals surface area contributed by atoms with E-state index in [1.165, 1.54) is 4.90 Å². The van der Waals surface area contributed by atoms with E-state index in [0.29, 0.717) is 13.1 Å². The molecule has 0 fully saturated rings. The van der Waals surface area contributed by atoms with E-state index in [0.717, 1.165) is 5.69 Å². The topological polar surface area (TPSA) is 96.5 Å². The van der Waals surface area contributed by atoms with Gasteiger partial charge in [-0.25, -0.2) is 0 Å². The standard InChI is InChI=1S/C12H17N3O3/c1-2-15(8-9-5-3-4-6-14-9)12(18)10(13)7-11(16)17/h3-6,10H,2,7-8,13H2,1H3,(H,16,17). The number of nitrogens with zero attached hydrogens (tertiary/aromatic N) is 2. The molecule has 1 atom stereocenters. The fourth-order valence-corrected chi connectivity index (χ4v) is 1.54. The van der Waals surface area contributed by atoms with Gasteiger partial charge in [0.05, 0.1) is 24.7 Å². The van der Waals surface area contributed by atoms with Crippen molar-refractivity contribution in [1.82, 2.24) is 9.88 Å². The van der Waals surface area contributed by atoms with Gasteiger partial charge in [-0.3, -0.25) is 14.6 Å². The maximum absolute atomic E-state index is 11.9. The molecular formula is C12H17N3O3. The summed E-state index contributed by atoms with van der Waals surface area (Å²) in [5.74, 6) is -1.45. The molecule has 1 amide bonds. The molecule has 98 valence electrons. The highest BCUT2D eigenvalue weighted by molar-refractivity contribution is 5.85. The minimum Gasteiger partial charge on any atom is -0.481 e. The lowest BCUT2D eigenvalue weighted by molar-refractivity contribution is -0.142. The summed E-state index contributed by atoms with van der Waals surface area (Å²) in [6.45, 7) is 2.61. The van der Waals surface area contributed by atoms with Gasteiger partial charge < -0.3 is 15.7 Å². The van der Waals surface area contributed by atoms with Crippen LogP contribution in [-0.2, 0) is 16.1 Å². The smallest absolute Gasteiger partial charge is 0.305 e. The Bertz CT molecular complexity index is 408. The quantitative estimate of drug-likeness (QED) is 0.754. The van der Waals surface area contributed by atoms with Crippen molar-refractivity contribution < 1.29 is 14.7 Å². The van der Waals surface area contributed by atoms with Gasteiger partial charge in [0, 0.05) is 12.7 Å². The third-order valence-corrected chi connectivity index (χ3v) is 2.48. The summed E-state index contributed by atoms with van der Waals surface area (Å²) in [5, 5.41) is 8.61. The van der Waals surface area contributed by atoms with E-state index >= 15 is 0 Å². The second kappa shape index (κ2) is 6.70. The number of amides is 1. The van der Waals surface area contributed by atoms with Crippen molar-refractivity contribution in [1.29, 1.82) is 0 Å². The predicted octanol–water partition coefficient (Wildman–Crippen LogP) is 0.232. The van der Waals surface area contributed by atoms with Crippen molar-refractivity contribution in [3.05, 3.63) is 30.1 Å². The fraction of sp³-hybridized carbons (Fsp3) is 0.417. The molecule has 1 aromatic rings. The molecule has 0 saturated heterocycles. The summed E-state index contributed by atoms with van der Waals surface area (Å²) in [6.07, 6.45) is 1.28. The zero-order chi connectivity index (χ0) is 13.5. The van der Waals surface area contributed by atoms with Crippen LogP contribution in [0.2, 0.25) is 0 Å². The first-order valence-electron chi connectivity index (χ1n) is 5.70. The number of nitrogens with two attached hydrogens (primary N) is 1. The Morgan fingerprint density at radius 1 is 1.50 bits per heavy atom. The van der Waals surface area contributed by atoms with E-state index in [2.05, 4.69) is 4.98 Å². The number of aromatic nitrogens is 1. The summed E-state index contributed by atoms with van der Waals surface area (Å²) in [7, 11) is 0. The van der Waals surface area contributed by atoms with Gasteiger partial charge in [0.15, 0.2) is 0 Å². The summed E-state index contributed by atoms with van der Waals surface area (Å²) < 4.78 is 0. The van der Waals surface area contributed by atoms with Crippen LogP contribution in [0.3, 0.4) is 0 Å². The number of rotatable bonds is 6. The van der Waals surface area contributed by atoms with E-state index in [1.54, 1.807) is 18.3 Å². The second-order valence-electron chi connectivity index (χ2n) is 3.88. The van der Waals surface area contributed by atoms with E-state index < -0.39 is 12.0 Å². The minimum absolute atomic E-state index is 0.337. The maximum Gasteiger partial charge on any atom is 0.305 e. The van der Waals surface area contributed by atoms with Crippen LogP contribution in [0.5, 0.6) is 0 Å². The number of hydrogen-bond acceptors (Lipinski definition) is 4. The third kappa shape index (κ3) is 4.14. The Morgan fingerprint density at radius 3 is 2.72 bits per heavy atom. The van der Waals surface area contributed by atoms with Gasteiger partial charge in [0.1, 0.15) is 0 Å². The largest absolute Gasteiger partial charge is 0.481 e. The zero-order valence-electron chi connectivity index (χ0n) is 10.2. The van der Waals surface area contributed by atoms with Crippen LogP contribution in [0.4, 0.5) is 0 Å². The molecule has 6 nitrogen and oxygen atoms in total. The summed E-state index contributed by atoms with van der Waals surface area (Å²) in [4.78, 5) is 28.1. The molecule has 1 unspecified atom stereocenters. The predicted molar refractivity (Wildman–Crippen MR) is 65.6 cm³/mol. The first-order valence-corrected chi connectivity index (χ1v) is 5.70. The molecule has 0 radical (unpaired) electrons. The van der Waals surface area contributed by atoms with Crippen LogP contribution >= 0.6 is 0 Å². The van der Waals surface area contributed by atoms with E-state index in [-0.39, 0.29) is 12.3 Å². The molecule has 1 aromatic heterocycles. The van der Waals surface area contributed by atoms with Crippen LogP contribution in [0.1, 0.15) is 19.0 Å². The average Bonchev–Trinajstić information content (AvgIpc) is 2.35. The highest BCUT2D eigenvalue weighted by Gasteiger charge is 2.22. The number of carbonyl (C=O) groups is 2. The van der Waals surface area contributed by atoms with Gasteiger partial charge >= 0.3 is 5.97 Å². The third-order valence-electron chi connectivity index (χ3n) is 2.48. The number of carboxylic acids is 1.